The third-order valence-electron chi connectivity index (χ3n) is 2.22. The van der Waals surface area contributed by atoms with Crippen LogP contribution >= 0.6 is 0 Å². The van der Waals surface area contributed by atoms with Gasteiger partial charge in [0.25, 0.3) is 5.69 Å². The highest BCUT2D eigenvalue weighted by atomic mass is 19.4. The number of rotatable bonds is 6. The van der Waals surface area contributed by atoms with Gasteiger partial charge in [0.05, 0.1) is 18.0 Å². The molecular weight excluding hydrogens is 297 g/mol. The van der Waals surface area contributed by atoms with Gasteiger partial charge in [0.1, 0.15) is 12.4 Å². The Labute approximate surface area is 116 Å². The highest BCUT2D eigenvalue weighted by molar-refractivity contribution is 5.95. The summed E-state index contributed by atoms with van der Waals surface area (Å²) >= 11 is 0. The van der Waals surface area contributed by atoms with Crippen LogP contribution in [0.1, 0.15) is 6.42 Å². The van der Waals surface area contributed by atoms with Crippen LogP contribution < -0.4 is 5.32 Å². The number of alkyl halides is 3. The van der Waals surface area contributed by atoms with Crippen molar-refractivity contribution in [3.05, 3.63) is 28.3 Å². The molecule has 0 fully saturated rings. The molecule has 2 N–H and O–H groups in total. The number of hydrogen-bond acceptors (Lipinski definition) is 5. The highest BCUT2D eigenvalue weighted by Gasteiger charge is 2.27. The van der Waals surface area contributed by atoms with Crippen LogP contribution in [0.15, 0.2) is 18.2 Å². The van der Waals surface area contributed by atoms with Crippen molar-refractivity contribution in [1.82, 2.24) is 0 Å². The molecule has 0 bridgehead atoms. The molecule has 7 nitrogen and oxygen atoms in total. The maximum absolute atomic E-state index is 11.8. The molecule has 0 aliphatic rings. The van der Waals surface area contributed by atoms with Crippen LogP contribution in [-0.4, -0.2) is 35.3 Å². The molecule has 0 saturated carbocycles. The molecule has 0 aliphatic carbocycles. The number of nitrogens with zero attached hydrogens (tertiary/aromatic N) is 1. The summed E-state index contributed by atoms with van der Waals surface area (Å²) in [7, 11) is 0. The molecule has 1 aromatic rings. The van der Waals surface area contributed by atoms with Gasteiger partial charge in [0.15, 0.2) is 5.69 Å². The summed E-state index contributed by atoms with van der Waals surface area (Å²) in [5, 5.41) is 22.3. The number of phenols is 1. The first-order valence-corrected chi connectivity index (χ1v) is 5.61. The van der Waals surface area contributed by atoms with E-state index in [-0.39, 0.29) is 0 Å². The third-order valence-corrected chi connectivity index (χ3v) is 2.22. The van der Waals surface area contributed by atoms with E-state index in [0.717, 1.165) is 12.1 Å². The fourth-order valence-electron chi connectivity index (χ4n) is 1.36. The number of hydrogen-bond donors (Lipinski definition) is 2. The number of nitro benzene ring substituents is 1. The molecule has 0 unspecified atom stereocenters. The Balaban J connectivity index is 2.58. The zero-order valence-electron chi connectivity index (χ0n) is 10.5. The SMILES string of the molecule is O=C(CCOCC(F)(F)F)Nc1c(O)cccc1[N+](=O)[O-]. The van der Waals surface area contributed by atoms with Gasteiger partial charge in [-0.3, -0.25) is 14.9 Å². The van der Waals surface area contributed by atoms with Gasteiger partial charge >= 0.3 is 6.18 Å². The van der Waals surface area contributed by atoms with E-state index in [1.165, 1.54) is 6.07 Å². The number of phenolic OH excluding ortho intramolecular Hbond substituents is 1. The van der Waals surface area contributed by atoms with Gasteiger partial charge in [-0.1, -0.05) is 6.07 Å². The van der Waals surface area contributed by atoms with E-state index in [1.807, 2.05) is 0 Å². The number of carbonyl (C=O) groups excluding carboxylic acids is 1. The Morgan fingerprint density at radius 3 is 2.67 bits per heavy atom. The van der Waals surface area contributed by atoms with Gasteiger partial charge in [-0.25, -0.2) is 0 Å². The smallest absolute Gasteiger partial charge is 0.411 e. The topological polar surface area (TPSA) is 102 Å². The van der Waals surface area contributed by atoms with Crippen molar-refractivity contribution >= 4 is 17.3 Å². The maximum atomic E-state index is 11.8. The second-order valence-corrected chi connectivity index (χ2v) is 3.89. The van der Waals surface area contributed by atoms with E-state index in [2.05, 4.69) is 10.1 Å². The zero-order valence-corrected chi connectivity index (χ0v) is 10.5. The first-order valence-electron chi connectivity index (χ1n) is 5.61. The number of benzene rings is 1. The summed E-state index contributed by atoms with van der Waals surface area (Å²) in [6.07, 6.45) is -4.94. The molecule has 0 aliphatic heterocycles. The van der Waals surface area contributed by atoms with Crippen LogP contribution in [0, 0.1) is 10.1 Å². The highest BCUT2D eigenvalue weighted by Crippen LogP contribution is 2.33. The van der Waals surface area contributed by atoms with Crippen LogP contribution in [0.5, 0.6) is 5.75 Å². The largest absolute Gasteiger partial charge is 0.505 e. The summed E-state index contributed by atoms with van der Waals surface area (Å²) in [5.41, 5.74) is -0.942. The number of nitrogens with one attached hydrogen (secondary N) is 1. The molecular formula is C11H11F3N2O5. The number of aromatic hydroxyl groups is 1. The number of amides is 1. The summed E-state index contributed by atoms with van der Waals surface area (Å²) in [6, 6.07) is 3.41. The Morgan fingerprint density at radius 1 is 1.43 bits per heavy atom. The number of nitro groups is 1. The van der Waals surface area contributed by atoms with E-state index in [1.54, 1.807) is 0 Å². The van der Waals surface area contributed by atoms with Crippen molar-refractivity contribution in [3.8, 4) is 5.75 Å². The van der Waals surface area contributed by atoms with Gasteiger partial charge in [-0.15, -0.1) is 0 Å². The van der Waals surface area contributed by atoms with E-state index < -0.39 is 53.8 Å². The van der Waals surface area contributed by atoms with E-state index >= 15 is 0 Å². The van der Waals surface area contributed by atoms with Gasteiger partial charge in [0, 0.05) is 6.07 Å². The van der Waals surface area contributed by atoms with E-state index in [0.29, 0.717) is 0 Å². The fourth-order valence-corrected chi connectivity index (χ4v) is 1.36. The first kappa shape index (κ1) is 16.7. The van der Waals surface area contributed by atoms with Crippen molar-refractivity contribution in [2.45, 2.75) is 12.6 Å². The van der Waals surface area contributed by atoms with Crippen molar-refractivity contribution in [2.75, 3.05) is 18.5 Å². The van der Waals surface area contributed by atoms with E-state index in [9.17, 15) is 33.2 Å². The predicted molar refractivity (Wildman–Crippen MR) is 64.9 cm³/mol. The molecule has 0 spiro atoms. The lowest BCUT2D eigenvalue weighted by Crippen LogP contribution is -2.20. The quantitative estimate of drug-likeness (QED) is 0.363. The summed E-state index contributed by atoms with van der Waals surface area (Å²) in [4.78, 5) is 21.4. The van der Waals surface area contributed by atoms with Gasteiger partial charge in [-0.05, 0) is 6.07 Å². The van der Waals surface area contributed by atoms with Crippen molar-refractivity contribution in [3.63, 3.8) is 0 Å². The summed E-state index contributed by atoms with van der Waals surface area (Å²) < 4.78 is 39.6. The molecule has 0 atom stereocenters. The van der Waals surface area contributed by atoms with Crippen molar-refractivity contribution in [1.29, 1.82) is 0 Å². The first-order chi connectivity index (χ1) is 9.70. The van der Waals surface area contributed by atoms with Crippen LogP contribution in [0.3, 0.4) is 0 Å². The molecule has 0 radical (unpaired) electrons. The second kappa shape index (κ2) is 6.88. The van der Waals surface area contributed by atoms with Gasteiger partial charge in [-0.2, -0.15) is 13.2 Å². The summed E-state index contributed by atoms with van der Waals surface area (Å²) in [5.74, 6) is -1.34. The lowest BCUT2D eigenvalue weighted by molar-refractivity contribution is -0.384. The molecule has 116 valence electrons. The van der Waals surface area contributed by atoms with E-state index in [4.69, 9.17) is 0 Å². The molecule has 21 heavy (non-hydrogen) atoms. The van der Waals surface area contributed by atoms with Crippen LogP contribution in [0.4, 0.5) is 24.5 Å². The fraction of sp³-hybridized carbons (Fsp3) is 0.364. The average Bonchev–Trinajstić information content (AvgIpc) is 2.35. The molecule has 1 aromatic carbocycles. The van der Waals surface area contributed by atoms with Crippen LogP contribution in [0.25, 0.3) is 0 Å². The lowest BCUT2D eigenvalue weighted by atomic mass is 10.2. The Kier molecular flexibility index (Phi) is 5.47. The number of halogens is 3. The predicted octanol–water partition coefficient (Wildman–Crippen LogP) is 2.21. The number of carbonyl (C=O) groups is 1. The Bertz CT molecular complexity index is 533. The molecule has 10 heteroatoms. The van der Waals surface area contributed by atoms with Gasteiger partial charge in [0.2, 0.25) is 5.91 Å². The average molecular weight is 308 g/mol. The maximum Gasteiger partial charge on any atom is 0.411 e. The number of para-hydroxylation sites is 1. The minimum atomic E-state index is -4.49. The molecule has 1 amide bonds. The normalized spacial score (nSPS) is 11.2. The molecule has 0 aromatic heterocycles. The third kappa shape index (κ3) is 5.65. The zero-order chi connectivity index (χ0) is 16.0. The Morgan fingerprint density at radius 2 is 2.10 bits per heavy atom. The van der Waals surface area contributed by atoms with Gasteiger partial charge < -0.3 is 15.2 Å². The second-order valence-electron chi connectivity index (χ2n) is 3.89. The number of ether oxygens (including phenoxy) is 1. The van der Waals surface area contributed by atoms with Crippen molar-refractivity contribution in [2.24, 2.45) is 0 Å². The number of anilines is 1. The monoisotopic (exact) mass is 308 g/mol. The lowest BCUT2D eigenvalue weighted by Gasteiger charge is -2.09. The standard InChI is InChI=1S/C11H11F3N2O5/c12-11(13,14)6-21-5-4-9(18)15-10-7(16(19)20)2-1-3-8(10)17/h1-3,17H,4-6H2,(H,15,18). The van der Waals surface area contributed by atoms with Crippen molar-refractivity contribution < 1.29 is 32.7 Å². The molecule has 1 rings (SSSR count). The summed E-state index contributed by atoms with van der Waals surface area (Å²) in [6.45, 7) is -2.00. The molecule has 0 saturated heterocycles. The Hall–Kier alpha value is -2.36. The minimum Gasteiger partial charge on any atom is -0.505 e. The molecule has 0 heterocycles. The minimum absolute atomic E-state index is 0.414. The van der Waals surface area contributed by atoms with Crippen LogP contribution in [-0.2, 0) is 9.53 Å². The van der Waals surface area contributed by atoms with Crippen LogP contribution in [0.2, 0.25) is 0 Å².